The fourth-order valence-electron chi connectivity index (χ4n) is 3.74. The Morgan fingerprint density at radius 2 is 2.04 bits per heavy atom. The average molecular weight is 336 g/mol. The highest BCUT2D eigenvalue weighted by molar-refractivity contribution is 6.02. The van der Waals surface area contributed by atoms with E-state index in [0.717, 1.165) is 36.1 Å². The zero-order valence-corrected chi connectivity index (χ0v) is 14.3. The predicted molar refractivity (Wildman–Crippen MR) is 93.5 cm³/mol. The zero-order chi connectivity index (χ0) is 17.6. The van der Waals surface area contributed by atoms with Crippen LogP contribution < -0.4 is 5.32 Å². The summed E-state index contributed by atoms with van der Waals surface area (Å²) in [7, 11) is 0. The van der Waals surface area contributed by atoms with Crippen molar-refractivity contribution in [2.45, 2.75) is 44.6 Å². The minimum atomic E-state index is -0.706. The van der Waals surface area contributed by atoms with Crippen LogP contribution in [-0.4, -0.2) is 22.5 Å². The first kappa shape index (κ1) is 15.8. The summed E-state index contributed by atoms with van der Waals surface area (Å²) in [5.74, 6) is -0.964. The van der Waals surface area contributed by atoms with Crippen LogP contribution in [0.25, 0.3) is 0 Å². The molecular weight excluding hydrogens is 316 g/mol. The number of esters is 1. The standard InChI is InChI=1S/C20H20N2O3/c1-12-10-14(11-21-13(12)2)22-18(23)17-15-6-3-4-7-16(15)19(24)25-20(17)8-5-9-20/h3-4,6-7,10-11,17H,5,8-9H2,1-2H3,(H,22,23). The van der Waals surface area contributed by atoms with Crippen LogP contribution in [0.1, 0.15) is 52.4 Å². The van der Waals surface area contributed by atoms with Gasteiger partial charge in [0.2, 0.25) is 5.91 Å². The van der Waals surface area contributed by atoms with E-state index in [-0.39, 0.29) is 11.9 Å². The van der Waals surface area contributed by atoms with E-state index in [1.165, 1.54) is 0 Å². The van der Waals surface area contributed by atoms with Gasteiger partial charge in [-0.15, -0.1) is 0 Å². The number of rotatable bonds is 2. The Balaban J connectivity index is 1.71. The van der Waals surface area contributed by atoms with Crippen LogP contribution in [0.5, 0.6) is 0 Å². The number of hydrogen-bond acceptors (Lipinski definition) is 4. The summed E-state index contributed by atoms with van der Waals surface area (Å²) in [6, 6.07) is 9.15. The fourth-order valence-corrected chi connectivity index (χ4v) is 3.74. The van der Waals surface area contributed by atoms with E-state index in [1.807, 2.05) is 32.0 Å². The van der Waals surface area contributed by atoms with E-state index in [9.17, 15) is 9.59 Å². The number of hydrogen-bond donors (Lipinski definition) is 1. The molecule has 5 heteroatoms. The number of anilines is 1. The third kappa shape index (κ3) is 2.51. The maximum atomic E-state index is 13.1. The minimum Gasteiger partial charge on any atom is -0.454 e. The Labute approximate surface area is 146 Å². The number of pyridine rings is 1. The molecule has 1 amide bonds. The second-order valence-electron chi connectivity index (χ2n) is 6.94. The maximum Gasteiger partial charge on any atom is 0.339 e. The Kier molecular flexibility index (Phi) is 3.60. The van der Waals surface area contributed by atoms with Crippen molar-refractivity contribution in [2.24, 2.45) is 0 Å². The molecule has 1 unspecified atom stereocenters. The lowest BCUT2D eigenvalue weighted by molar-refractivity contribution is -0.132. The highest BCUT2D eigenvalue weighted by atomic mass is 16.6. The molecule has 4 rings (SSSR count). The van der Waals surface area contributed by atoms with E-state index >= 15 is 0 Å². The van der Waals surface area contributed by atoms with Gasteiger partial charge in [-0.05, 0) is 56.4 Å². The number of fused-ring (bicyclic) bond motifs is 1. The molecule has 1 aliphatic carbocycles. The Morgan fingerprint density at radius 1 is 1.28 bits per heavy atom. The zero-order valence-electron chi connectivity index (χ0n) is 14.3. The number of aromatic nitrogens is 1. The molecule has 1 atom stereocenters. The normalized spacial score (nSPS) is 20.4. The van der Waals surface area contributed by atoms with Gasteiger partial charge in [0.15, 0.2) is 0 Å². The van der Waals surface area contributed by atoms with Gasteiger partial charge in [-0.2, -0.15) is 0 Å². The first-order chi connectivity index (χ1) is 12.0. The van der Waals surface area contributed by atoms with Crippen molar-refractivity contribution < 1.29 is 14.3 Å². The number of nitrogens with one attached hydrogen (secondary N) is 1. The SMILES string of the molecule is Cc1cc(NC(=O)C2c3ccccc3C(=O)OC23CCC3)cnc1C. The van der Waals surface area contributed by atoms with Crippen LogP contribution >= 0.6 is 0 Å². The quantitative estimate of drug-likeness (QED) is 0.852. The van der Waals surface area contributed by atoms with E-state index < -0.39 is 11.5 Å². The summed E-state index contributed by atoms with van der Waals surface area (Å²) in [5, 5.41) is 2.97. The van der Waals surface area contributed by atoms with Gasteiger partial charge in [-0.1, -0.05) is 18.2 Å². The van der Waals surface area contributed by atoms with Crippen LogP contribution in [0.4, 0.5) is 5.69 Å². The molecule has 1 fully saturated rings. The van der Waals surface area contributed by atoms with Gasteiger partial charge in [0, 0.05) is 5.69 Å². The molecule has 2 aliphatic rings. The van der Waals surface area contributed by atoms with Gasteiger partial charge >= 0.3 is 5.97 Å². The molecule has 1 saturated carbocycles. The third-order valence-electron chi connectivity index (χ3n) is 5.38. The molecule has 1 aromatic carbocycles. The highest BCUT2D eigenvalue weighted by Crippen LogP contribution is 2.51. The van der Waals surface area contributed by atoms with Gasteiger partial charge in [0.05, 0.1) is 17.4 Å². The second kappa shape index (κ2) is 5.69. The van der Waals surface area contributed by atoms with Crippen molar-refractivity contribution in [3.05, 3.63) is 58.9 Å². The Bertz CT molecular complexity index is 871. The number of carbonyl (C=O) groups is 2. The van der Waals surface area contributed by atoms with Crippen molar-refractivity contribution in [3.63, 3.8) is 0 Å². The monoisotopic (exact) mass is 336 g/mol. The van der Waals surface area contributed by atoms with Crippen LogP contribution in [0.15, 0.2) is 36.5 Å². The van der Waals surface area contributed by atoms with Gasteiger partial charge in [0.25, 0.3) is 0 Å². The summed E-state index contributed by atoms with van der Waals surface area (Å²) in [5.41, 5.74) is 3.16. The molecule has 1 spiro atoms. The summed E-state index contributed by atoms with van der Waals surface area (Å²) < 4.78 is 5.74. The molecule has 2 heterocycles. The van der Waals surface area contributed by atoms with E-state index in [0.29, 0.717) is 11.3 Å². The number of ether oxygens (including phenoxy) is 1. The highest BCUT2D eigenvalue weighted by Gasteiger charge is 2.55. The molecule has 1 aliphatic heterocycles. The van der Waals surface area contributed by atoms with Gasteiger partial charge in [0.1, 0.15) is 11.5 Å². The molecule has 0 radical (unpaired) electrons. The fraction of sp³-hybridized carbons (Fsp3) is 0.350. The minimum absolute atomic E-state index is 0.148. The smallest absolute Gasteiger partial charge is 0.339 e. The van der Waals surface area contributed by atoms with E-state index in [4.69, 9.17) is 4.74 Å². The van der Waals surface area contributed by atoms with Crippen molar-refractivity contribution >= 4 is 17.6 Å². The Hall–Kier alpha value is -2.69. The topological polar surface area (TPSA) is 68.3 Å². The summed E-state index contributed by atoms with van der Waals surface area (Å²) >= 11 is 0. The lowest BCUT2D eigenvalue weighted by Crippen LogP contribution is -2.54. The molecule has 5 nitrogen and oxygen atoms in total. The molecule has 128 valence electrons. The van der Waals surface area contributed by atoms with Gasteiger partial charge in [-0.25, -0.2) is 4.79 Å². The van der Waals surface area contributed by atoms with Crippen LogP contribution in [0.2, 0.25) is 0 Å². The summed E-state index contributed by atoms with van der Waals surface area (Å²) in [6.07, 6.45) is 4.06. The molecule has 25 heavy (non-hydrogen) atoms. The lowest BCUT2D eigenvalue weighted by Gasteiger charge is -2.48. The van der Waals surface area contributed by atoms with Gasteiger partial charge in [-0.3, -0.25) is 9.78 Å². The average Bonchev–Trinajstić information content (AvgIpc) is 2.56. The number of amides is 1. The van der Waals surface area contributed by atoms with Crippen molar-refractivity contribution in [1.82, 2.24) is 4.98 Å². The first-order valence-corrected chi connectivity index (χ1v) is 8.56. The largest absolute Gasteiger partial charge is 0.454 e. The molecule has 2 aromatic rings. The van der Waals surface area contributed by atoms with Crippen LogP contribution in [0, 0.1) is 13.8 Å². The van der Waals surface area contributed by atoms with Crippen molar-refractivity contribution in [1.29, 1.82) is 0 Å². The maximum absolute atomic E-state index is 13.1. The van der Waals surface area contributed by atoms with Crippen molar-refractivity contribution in [3.8, 4) is 0 Å². The van der Waals surface area contributed by atoms with E-state index in [1.54, 1.807) is 18.3 Å². The summed E-state index contributed by atoms with van der Waals surface area (Å²) in [6.45, 7) is 3.89. The van der Waals surface area contributed by atoms with Crippen LogP contribution in [0.3, 0.4) is 0 Å². The van der Waals surface area contributed by atoms with Gasteiger partial charge < -0.3 is 10.1 Å². The molecular formula is C20H20N2O3. The van der Waals surface area contributed by atoms with E-state index in [2.05, 4.69) is 10.3 Å². The second-order valence-corrected chi connectivity index (χ2v) is 6.94. The molecule has 0 bridgehead atoms. The first-order valence-electron chi connectivity index (χ1n) is 8.56. The van der Waals surface area contributed by atoms with Crippen LogP contribution in [-0.2, 0) is 9.53 Å². The number of aryl methyl sites for hydroxylation is 2. The number of benzene rings is 1. The Morgan fingerprint density at radius 3 is 2.72 bits per heavy atom. The number of carbonyl (C=O) groups excluding carboxylic acids is 2. The molecule has 1 N–H and O–H groups in total. The van der Waals surface area contributed by atoms with Crippen molar-refractivity contribution in [2.75, 3.05) is 5.32 Å². The molecule has 1 aromatic heterocycles. The third-order valence-corrected chi connectivity index (χ3v) is 5.38. The molecule has 0 saturated heterocycles. The summed E-state index contributed by atoms with van der Waals surface area (Å²) in [4.78, 5) is 29.8. The lowest BCUT2D eigenvalue weighted by atomic mass is 9.66. The predicted octanol–water partition coefficient (Wildman–Crippen LogP) is 3.51. The number of nitrogens with zero attached hydrogens (tertiary/aromatic N) is 1.